The predicted octanol–water partition coefficient (Wildman–Crippen LogP) is 1.96. The molecular formula is C12H23N3S. The van der Waals surface area contributed by atoms with Crippen LogP contribution in [0.1, 0.15) is 31.5 Å². The van der Waals surface area contributed by atoms with Gasteiger partial charge in [-0.15, -0.1) is 11.3 Å². The minimum Gasteiger partial charge on any atom is -0.326 e. The number of thiazole rings is 1. The lowest BCUT2D eigenvalue weighted by atomic mass is 9.87. The fraction of sp³-hybridized carbons (Fsp3) is 0.750. The first kappa shape index (κ1) is 13.6. The normalized spacial score (nSPS) is 14.1. The molecule has 0 saturated heterocycles. The number of aromatic nitrogens is 1. The number of aryl methyl sites for hydroxylation is 1. The second-order valence-corrected chi connectivity index (χ2v) is 6.25. The Labute approximate surface area is 102 Å². The Balaban J connectivity index is 2.17. The van der Waals surface area contributed by atoms with Crippen molar-refractivity contribution in [1.82, 2.24) is 10.3 Å². The van der Waals surface area contributed by atoms with Gasteiger partial charge in [-0.3, -0.25) is 0 Å². The Bertz CT molecular complexity index is 314. The first-order valence-electron chi connectivity index (χ1n) is 5.77. The smallest absolute Gasteiger partial charge is 0.0940 e. The van der Waals surface area contributed by atoms with E-state index in [2.05, 4.69) is 36.5 Å². The van der Waals surface area contributed by atoms with E-state index in [-0.39, 0.29) is 11.5 Å². The highest BCUT2D eigenvalue weighted by molar-refractivity contribution is 7.09. The van der Waals surface area contributed by atoms with Gasteiger partial charge in [0.15, 0.2) is 0 Å². The summed E-state index contributed by atoms with van der Waals surface area (Å²) >= 11 is 1.73. The van der Waals surface area contributed by atoms with E-state index < -0.39 is 0 Å². The largest absolute Gasteiger partial charge is 0.326 e. The second-order valence-electron chi connectivity index (χ2n) is 5.31. The number of hydrogen-bond donors (Lipinski definition) is 2. The lowest BCUT2D eigenvalue weighted by Crippen LogP contribution is -2.43. The summed E-state index contributed by atoms with van der Waals surface area (Å²) in [6.07, 6.45) is 0.995. The van der Waals surface area contributed by atoms with Gasteiger partial charge in [0.2, 0.25) is 0 Å². The maximum Gasteiger partial charge on any atom is 0.0940 e. The van der Waals surface area contributed by atoms with Crippen LogP contribution >= 0.6 is 11.3 Å². The SMILES string of the molecule is Cc1csc(CCNCC(N)C(C)(C)C)n1. The van der Waals surface area contributed by atoms with E-state index >= 15 is 0 Å². The molecule has 1 heterocycles. The summed E-state index contributed by atoms with van der Waals surface area (Å²) in [5.74, 6) is 0. The van der Waals surface area contributed by atoms with E-state index in [1.807, 2.05) is 6.92 Å². The average Bonchev–Trinajstić information content (AvgIpc) is 2.57. The molecule has 1 aromatic heterocycles. The molecule has 1 aromatic rings. The summed E-state index contributed by atoms with van der Waals surface area (Å²) in [6, 6.07) is 0.200. The summed E-state index contributed by atoms with van der Waals surface area (Å²) in [6.45, 7) is 10.4. The summed E-state index contributed by atoms with van der Waals surface area (Å²) in [7, 11) is 0. The van der Waals surface area contributed by atoms with Crippen molar-refractivity contribution in [2.24, 2.45) is 11.1 Å². The molecule has 0 saturated carbocycles. The van der Waals surface area contributed by atoms with E-state index in [1.54, 1.807) is 11.3 Å². The third-order valence-electron chi connectivity index (χ3n) is 2.66. The standard InChI is InChI=1S/C12H23N3S/c1-9-8-16-11(15-9)5-6-14-7-10(13)12(2,3)4/h8,10,14H,5-7,13H2,1-4H3. The highest BCUT2D eigenvalue weighted by Crippen LogP contribution is 2.16. The number of hydrogen-bond acceptors (Lipinski definition) is 4. The molecule has 3 nitrogen and oxygen atoms in total. The second kappa shape index (κ2) is 5.75. The fourth-order valence-corrected chi connectivity index (χ4v) is 2.05. The van der Waals surface area contributed by atoms with Crippen molar-refractivity contribution in [2.45, 2.75) is 40.2 Å². The first-order valence-corrected chi connectivity index (χ1v) is 6.65. The maximum absolute atomic E-state index is 6.06. The van der Waals surface area contributed by atoms with Gasteiger partial charge in [-0.1, -0.05) is 20.8 Å². The van der Waals surface area contributed by atoms with Crippen molar-refractivity contribution in [2.75, 3.05) is 13.1 Å². The molecule has 0 bridgehead atoms. The zero-order valence-electron chi connectivity index (χ0n) is 10.7. The van der Waals surface area contributed by atoms with Crippen molar-refractivity contribution in [3.63, 3.8) is 0 Å². The van der Waals surface area contributed by atoms with Crippen LogP contribution in [0.3, 0.4) is 0 Å². The molecule has 1 atom stereocenters. The van der Waals surface area contributed by atoms with Crippen LogP contribution in [0.4, 0.5) is 0 Å². The number of nitrogens with two attached hydrogens (primary N) is 1. The van der Waals surface area contributed by atoms with Crippen molar-refractivity contribution >= 4 is 11.3 Å². The van der Waals surface area contributed by atoms with Crippen LogP contribution in [0.25, 0.3) is 0 Å². The van der Waals surface area contributed by atoms with Crippen LogP contribution < -0.4 is 11.1 Å². The number of nitrogens with zero attached hydrogens (tertiary/aromatic N) is 1. The van der Waals surface area contributed by atoms with Gasteiger partial charge in [0.25, 0.3) is 0 Å². The molecule has 0 aliphatic rings. The lowest BCUT2D eigenvalue weighted by molar-refractivity contribution is 0.310. The Hall–Kier alpha value is -0.450. The van der Waals surface area contributed by atoms with Crippen LogP contribution in [-0.4, -0.2) is 24.1 Å². The van der Waals surface area contributed by atoms with Crippen molar-refractivity contribution in [3.8, 4) is 0 Å². The fourth-order valence-electron chi connectivity index (χ4n) is 1.28. The van der Waals surface area contributed by atoms with Crippen LogP contribution in [0, 0.1) is 12.3 Å². The van der Waals surface area contributed by atoms with Gasteiger partial charge in [-0.25, -0.2) is 4.98 Å². The molecule has 1 unspecified atom stereocenters. The monoisotopic (exact) mass is 241 g/mol. The van der Waals surface area contributed by atoms with E-state index in [0.29, 0.717) is 0 Å². The summed E-state index contributed by atoms with van der Waals surface area (Å²) in [4.78, 5) is 4.42. The van der Waals surface area contributed by atoms with E-state index in [9.17, 15) is 0 Å². The van der Waals surface area contributed by atoms with Gasteiger partial charge in [-0.05, 0) is 12.3 Å². The molecule has 0 radical (unpaired) electrons. The van der Waals surface area contributed by atoms with Crippen molar-refractivity contribution in [1.29, 1.82) is 0 Å². The zero-order chi connectivity index (χ0) is 12.2. The van der Waals surface area contributed by atoms with Gasteiger partial charge in [0, 0.05) is 36.6 Å². The molecule has 0 aliphatic heterocycles. The van der Waals surface area contributed by atoms with E-state index in [1.165, 1.54) is 5.01 Å². The van der Waals surface area contributed by atoms with Gasteiger partial charge in [-0.2, -0.15) is 0 Å². The van der Waals surface area contributed by atoms with Gasteiger partial charge in [0.05, 0.1) is 5.01 Å². The first-order chi connectivity index (χ1) is 7.39. The molecule has 0 amide bonds. The summed E-state index contributed by atoms with van der Waals surface area (Å²) in [5, 5.41) is 6.69. The average molecular weight is 241 g/mol. The van der Waals surface area contributed by atoms with Crippen LogP contribution in [0.5, 0.6) is 0 Å². The van der Waals surface area contributed by atoms with E-state index in [0.717, 1.165) is 25.2 Å². The molecule has 1 rings (SSSR count). The Morgan fingerprint density at radius 3 is 2.69 bits per heavy atom. The predicted molar refractivity (Wildman–Crippen MR) is 70.9 cm³/mol. The lowest BCUT2D eigenvalue weighted by Gasteiger charge is -2.27. The van der Waals surface area contributed by atoms with E-state index in [4.69, 9.17) is 5.73 Å². The molecular weight excluding hydrogens is 218 g/mol. The maximum atomic E-state index is 6.06. The number of nitrogens with one attached hydrogen (secondary N) is 1. The third-order valence-corrected chi connectivity index (χ3v) is 3.69. The molecule has 0 aliphatic carbocycles. The van der Waals surface area contributed by atoms with Crippen LogP contribution in [0.2, 0.25) is 0 Å². The minimum absolute atomic E-state index is 0.171. The third kappa shape index (κ3) is 4.60. The zero-order valence-corrected chi connectivity index (χ0v) is 11.5. The van der Waals surface area contributed by atoms with Gasteiger partial charge >= 0.3 is 0 Å². The summed E-state index contributed by atoms with van der Waals surface area (Å²) in [5.41, 5.74) is 7.35. The Kier molecular flexibility index (Phi) is 4.89. The van der Waals surface area contributed by atoms with Crippen molar-refractivity contribution in [3.05, 3.63) is 16.1 Å². The quantitative estimate of drug-likeness (QED) is 0.775. The van der Waals surface area contributed by atoms with Crippen molar-refractivity contribution < 1.29 is 0 Å². The molecule has 92 valence electrons. The van der Waals surface area contributed by atoms with Crippen LogP contribution in [-0.2, 0) is 6.42 Å². The highest BCUT2D eigenvalue weighted by Gasteiger charge is 2.19. The molecule has 0 aromatic carbocycles. The topological polar surface area (TPSA) is 50.9 Å². The molecule has 3 N–H and O–H groups in total. The minimum atomic E-state index is 0.171. The number of rotatable bonds is 5. The van der Waals surface area contributed by atoms with Gasteiger partial charge in [0.1, 0.15) is 0 Å². The van der Waals surface area contributed by atoms with Gasteiger partial charge < -0.3 is 11.1 Å². The van der Waals surface area contributed by atoms with Crippen LogP contribution in [0.15, 0.2) is 5.38 Å². The Morgan fingerprint density at radius 2 is 2.19 bits per heavy atom. The molecule has 4 heteroatoms. The molecule has 16 heavy (non-hydrogen) atoms. The molecule has 0 fully saturated rings. The highest BCUT2D eigenvalue weighted by atomic mass is 32.1. The Morgan fingerprint density at radius 1 is 1.50 bits per heavy atom. The summed E-state index contributed by atoms with van der Waals surface area (Å²) < 4.78 is 0. The molecule has 0 spiro atoms.